The molecule has 3 heterocycles. The number of hydrogen-bond donors (Lipinski definition) is 0. The van der Waals surface area contributed by atoms with Crippen molar-refractivity contribution in [3.63, 3.8) is 0 Å². The third kappa shape index (κ3) is 3.49. The maximum Gasteiger partial charge on any atom is 0.264 e. The van der Waals surface area contributed by atoms with E-state index in [-0.39, 0.29) is 11.9 Å². The minimum absolute atomic E-state index is 0.187. The van der Waals surface area contributed by atoms with E-state index < -0.39 is 0 Å². The standard InChI is InChI=1S/C24H25N3OS/c1-17(21-8-4-5-11-25-21)26-12-14-27(15-13-26)24(28)22-16-19-10-9-18-6-2-3-7-20(18)23(19)29-22/h2-8,11,16-17H,9-10,12-15H2,1H3/t17-/m1/s1. The number of pyridine rings is 1. The number of hydrogen-bond acceptors (Lipinski definition) is 4. The number of aryl methyl sites for hydroxylation is 2. The van der Waals surface area contributed by atoms with Gasteiger partial charge in [0.25, 0.3) is 5.91 Å². The van der Waals surface area contributed by atoms with E-state index in [9.17, 15) is 4.79 Å². The third-order valence-corrected chi connectivity index (χ3v) is 7.41. The highest BCUT2D eigenvalue weighted by Gasteiger charge is 2.28. The lowest BCUT2D eigenvalue weighted by Crippen LogP contribution is -2.49. The van der Waals surface area contributed by atoms with Crippen molar-refractivity contribution in [2.75, 3.05) is 26.2 Å². The monoisotopic (exact) mass is 403 g/mol. The van der Waals surface area contributed by atoms with E-state index in [0.29, 0.717) is 0 Å². The average Bonchev–Trinajstić information content (AvgIpc) is 3.24. The van der Waals surface area contributed by atoms with E-state index in [1.54, 1.807) is 11.3 Å². The number of rotatable bonds is 3. The van der Waals surface area contributed by atoms with E-state index in [2.05, 4.69) is 53.2 Å². The van der Waals surface area contributed by atoms with Gasteiger partial charge >= 0.3 is 0 Å². The van der Waals surface area contributed by atoms with Crippen molar-refractivity contribution in [3.05, 3.63) is 76.4 Å². The summed E-state index contributed by atoms with van der Waals surface area (Å²) in [6.07, 6.45) is 3.95. The summed E-state index contributed by atoms with van der Waals surface area (Å²) in [6.45, 7) is 5.52. The number of benzene rings is 1. The molecular weight excluding hydrogens is 378 g/mol. The molecule has 4 nitrogen and oxygen atoms in total. The van der Waals surface area contributed by atoms with Crippen LogP contribution < -0.4 is 0 Å². The lowest BCUT2D eigenvalue weighted by atomic mass is 9.91. The zero-order valence-electron chi connectivity index (χ0n) is 16.7. The van der Waals surface area contributed by atoms with Gasteiger partial charge in [-0.1, -0.05) is 30.3 Å². The zero-order valence-corrected chi connectivity index (χ0v) is 17.5. The van der Waals surface area contributed by atoms with Crippen molar-refractivity contribution < 1.29 is 4.79 Å². The predicted molar refractivity (Wildman–Crippen MR) is 117 cm³/mol. The van der Waals surface area contributed by atoms with Gasteiger partial charge in [0, 0.05) is 43.3 Å². The molecule has 0 spiro atoms. The Morgan fingerprint density at radius 2 is 1.76 bits per heavy atom. The first-order chi connectivity index (χ1) is 14.2. The fourth-order valence-electron chi connectivity index (χ4n) is 4.46. The van der Waals surface area contributed by atoms with Crippen molar-refractivity contribution in [1.29, 1.82) is 0 Å². The van der Waals surface area contributed by atoms with Crippen LogP contribution in [0.25, 0.3) is 10.4 Å². The number of piperazine rings is 1. The van der Waals surface area contributed by atoms with Crippen molar-refractivity contribution in [2.45, 2.75) is 25.8 Å². The highest BCUT2D eigenvalue weighted by Crippen LogP contribution is 2.39. The van der Waals surface area contributed by atoms with E-state index in [1.165, 1.54) is 21.6 Å². The molecule has 1 saturated heterocycles. The molecule has 0 saturated carbocycles. The quantitative estimate of drug-likeness (QED) is 0.649. The van der Waals surface area contributed by atoms with Gasteiger partial charge in [-0.3, -0.25) is 14.7 Å². The average molecular weight is 404 g/mol. The normalized spacial score (nSPS) is 17.5. The summed E-state index contributed by atoms with van der Waals surface area (Å²) in [5, 5.41) is 0. The number of nitrogens with zero attached hydrogens (tertiary/aromatic N) is 3. The fraction of sp³-hybridized carbons (Fsp3) is 0.333. The summed E-state index contributed by atoms with van der Waals surface area (Å²) < 4.78 is 0. The van der Waals surface area contributed by atoms with Crippen molar-refractivity contribution in [1.82, 2.24) is 14.8 Å². The van der Waals surface area contributed by atoms with Crippen molar-refractivity contribution >= 4 is 17.2 Å². The molecular formula is C24H25N3OS. The van der Waals surface area contributed by atoms with Gasteiger partial charge in [0.05, 0.1) is 10.6 Å². The van der Waals surface area contributed by atoms with E-state index in [4.69, 9.17) is 0 Å². The predicted octanol–water partition coefficient (Wildman–Crippen LogP) is 4.43. The van der Waals surface area contributed by atoms with Crippen LogP contribution in [-0.4, -0.2) is 46.9 Å². The Labute approximate surface area is 175 Å². The SMILES string of the molecule is C[C@H](c1ccccn1)N1CCN(C(=O)c2cc3c(s2)-c2ccccc2CC3)CC1. The van der Waals surface area contributed by atoms with Crippen LogP contribution in [0.4, 0.5) is 0 Å². The van der Waals surface area contributed by atoms with Crippen LogP contribution in [0.3, 0.4) is 0 Å². The lowest BCUT2D eigenvalue weighted by molar-refractivity contribution is 0.0583. The zero-order chi connectivity index (χ0) is 19.8. The van der Waals surface area contributed by atoms with Crippen LogP contribution in [0.1, 0.15) is 39.5 Å². The summed E-state index contributed by atoms with van der Waals surface area (Å²) in [4.78, 5) is 24.3. The van der Waals surface area contributed by atoms with Gasteiger partial charge in [0.1, 0.15) is 0 Å². The lowest BCUT2D eigenvalue weighted by Gasteiger charge is -2.37. The topological polar surface area (TPSA) is 36.4 Å². The maximum absolute atomic E-state index is 13.2. The highest BCUT2D eigenvalue weighted by molar-refractivity contribution is 7.17. The van der Waals surface area contributed by atoms with E-state index in [1.807, 2.05) is 23.2 Å². The molecule has 1 aliphatic carbocycles. The van der Waals surface area contributed by atoms with Gasteiger partial charge in [0.15, 0.2) is 0 Å². The van der Waals surface area contributed by atoms with Crippen LogP contribution in [0.5, 0.6) is 0 Å². The highest BCUT2D eigenvalue weighted by atomic mass is 32.1. The Morgan fingerprint density at radius 3 is 2.55 bits per heavy atom. The summed E-state index contributed by atoms with van der Waals surface area (Å²) in [6, 6.07) is 17.1. The Kier molecular flexibility index (Phi) is 4.94. The van der Waals surface area contributed by atoms with E-state index in [0.717, 1.165) is 49.6 Å². The van der Waals surface area contributed by atoms with Crippen LogP contribution in [0.15, 0.2) is 54.7 Å². The summed E-state index contributed by atoms with van der Waals surface area (Å²) in [5.41, 5.74) is 5.14. The first-order valence-corrected chi connectivity index (χ1v) is 11.2. The Balaban J connectivity index is 1.28. The van der Waals surface area contributed by atoms with Crippen LogP contribution in [0, 0.1) is 0 Å². The summed E-state index contributed by atoms with van der Waals surface area (Å²) in [7, 11) is 0. The van der Waals surface area contributed by atoms with Crippen LogP contribution in [-0.2, 0) is 12.8 Å². The first-order valence-electron chi connectivity index (χ1n) is 10.4. The maximum atomic E-state index is 13.2. The van der Waals surface area contributed by atoms with Gasteiger partial charge in [-0.25, -0.2) is 0 Å². The molecule has 148 valence electrons. The summed E-state index contributed by atoms with van der Waals surface area (Å²) >= 11 is 1.67. The molecule has 29 heavy (non-hydrogen) atoms. The summed E-state index contributed by atoms with van der Waals surface area (Å²) in [5.74, 6) is 0.187. The fourth-order valence-corrected chi connectivity index (χ4v) is 5.69. The Bertz CT molecular complexity index is 1020. The second-order valence-electron chi connectivity index (χ2n) is 7.88. The molecule has 1 atom stereocenters. The van der Waals surface area contributed by atoms with Crippen LogP contribution >= 0.6 is 11.3 Å². The molecule has 1 aliphatic heterocycles. The number of aromatic nitrogens is 1. The molecule has 1 aromatic carbocycles. The minimum Gasteiger partial charge on any atom is -0.335 e. The molecule has 2 aliphatic rings. The van der Waals surface area contributed by atoms with Gasteiger partial charge in [-0.2, -0.15) is 0 Å². The molecule has 1 fully saturated rings. The molecule has 2 aromatic heterocycles. The van der Waals surface area contributed by atoms with Crippen LogP contribution in [0.2, 0.25) is 0 Å². The molecule has 3 aromatic rings. The molecule has 5 rings (SSSR count). The van der Waals surface area contributed by atoms with Gasteiger partial charge < -0.3 is 4.90 Å². The molecule has 5 heteroatoms. The Hall–Kier alpha value is -2.50. The second kappa shape index (κ2) is 7.73. The molecule has 1 amide bonds. The number of carbonyl (C=O) groups is 1. The third-order valence-electron chi connectivity index (χ3n) is 6.21. The number of thiophene rings is 1. The van der Waals surface area contributed by atoms with Gasteiger partial charge in [-0.05, 0) is 54.7 Å². The number of carbonyl (C=O) groups excluding carboxylic acids is 1. The molecule has 0 N–H and O–H groups in total. The van der Waals surface area contributed by atoms with Gasteiger partial charge in [-0.15, -0.1) is 11.3 Å². The molecule has 0 radical (unpaired) electrons. The second-order valence-corrected chi connectivity index (χ2v) is 8.93. The number of amides is 1. The molecule has 0 unspecified atom stereocenters. The minimum atomic E-state index is 0.187. The first kappa shape index (κ1) is 18.5. The van der Waals surface area contributed by atoms with Crippen molar-refractivity contribution in [2.24, 2.45) is 0 Å². The largest absolute Gasteiger partial charge is 0.335 e. The van der Waals surface area contributed by atoms with Gasteiger partial charge in [0.2, 0.25) is 0 Å². The van der Waals surface area contributed by atoms with E-state index >= 15 is 0 Å². The smallest absolute Gasteiger partial charge is 0.264 e. The molecule has 0 bridgehead atoms. The number of fused-ring (bicyclic) bond motifs is 3. The Morgan fingerprint density at radius 1 is 1.00 bits per heavy atom. The van der Waals surface area contributed by atoms with Crippen molar-refractivity contribution in [3.8, 4) is 10.4 Å².